The maximum Gasteiger partial charge on any atom is 2.00 e. The van der Waals surface area contributed by atoms with E-state index in [0.29, 0.717) is 5.69 Å². The second kappa shape index (κ2) is 23.9. The summed E-state index contributed by atoms with van der Waals surface area (Å²) in [5.74, 6) is 0.545. The van der Waals surface area contributed by atoms with Crippen molar-refractivity contribution in [2.75, 3.05) is 18.2 Å². The first kappa shape index (κ1) is 51.6. The summed E-state index contributed by atoms with van der Waals surface area (Å²) < 4.78 is 78.0. The van der Waals surface area contributed by atoms with Gasteiger partial charge in [-0.15, -0.1) is 0 Å². The smallest absolute Gasteiger partial charge is 0.573 e. The standard InChI is InChI=1S/C24H13F6N7.2C13H13P.H2O.Os/c25-23(26,27)19-12-17(33-35-19)15-8-4-10-21(31-15)37(14-6-2-1-3-7-14)22-11-5-9-16(32-22)18-13-20(36-34-18)24(28,29)30;2*1-14(12-8-4-2-5-9-12)13-10-6-3-7-11-13;;/h1-13H;2*2-11H,1H3;1H2;/q-2;;;;+2/p+2. The first-order valence-electron chi connectivity index (χ1n) is 20.2. The van der Waals surface area contributed by atoms with Gasteiger partial charge in [-0.25, -0.2) is 9.97 Å². The minimum Gasteiger partial charge on any atom is -0.573 e. The van der Waals surface area contributed by atoms with Crippen LogP contribution in [0, 0.1) is 0 Å². The molecule has 0 atom stereocenters. The van der Waals surface area contributed by atoms with Crippen LogP contribution in [0.15, 0.2) is 200 Å². The third-order valence-corrected chi connectivity index (χ3v) is 14.7. The number of hydrogen-bond donors (Lipinski definition) is 0. The van der Waals surface area contributed by atoms with Crippen LogP contribution in [0.3, 0.4) is 0 Å². The largest absolute Gasteiger partial charge is 2.00 e. The van der Waals surface area contributed by atoms with Crippen molar-refractivity contribution in [2.24, 2.45) is 0 Å². The van der Waals surface area contributed by atoms with Crippen molar-refractivity contribution in [3.05, 3.63) is 212 Å². The van der Waals surface area contributed by atoms with E-state index in [1.807, 2.05) is 0 Å². The Hall–Kier alpha value is -6.34. The van der Waals surface area contributed by atoms with Gasteiger partial charge in [-0.05, 0) is 97.1 Å². The molecule has 0 bridgehead atoms. The molecule has 0 aliphatic carbocycles. The zero-order valence-corrected chi connectivity index (χ0v) is 40.3. The van der Waals surface area contributed by atoms with Gasteiger partial charge in [0.15, 0.2) is 0 Å². The van der Waals surface area contributed by atoms with Crippen LogP contribution in [0.4, 0.5) is 43.7 Å². The summed E-state index contributed by atoms with van der Waals surface area (Å²) in [6, 6.07) is 62.7. The number of nitrogens with zero attached hydrogens (tertiary/aromatic N) is 7. The van der Waals surface area contributed by atoms with Gasteiger partial charge in [-0.3, -0.25) is 4.90 Å². The van der Waals surface area contributed by atoms with E-state index in [2.05, 4.69) is 165 Å². The average molecular weight is 1120 g/mol. The molecule has 0 fully saturated rings. The van der Waals surface area contributed by atoms with E-state index in [-0.39, 0.29) is 59.7 Å². The molecule has 0 aliphatic heterocycles. The topological polar surface area (TPSA) is 115 Å². The Morgan fingerprint density at radius 3 is 1.00 bits per heavy atom. The van der Waals surface area contributed by atoms with Crippen molar-refractivity contribution in [3.8, 4) is 22.8 Å². The van der Waals surface area contributed by atoms with Gasteiger partial charge in [0, 0.05) is 5.69 Å². The number of halogens is 6. The van der Waals surface area contributed by atoms with Crippen LogP contribution in [0.25, 0.3) is 22.8 Å². The zero-order valence-electron chi connectivity index (χ0n) is 35.8. The van der Waals surface area contributed by atoms with Crippen molar-refractivity contribution >= 4 is 54.4 Å². The molecule has 0 unspecified atom stereocenters. The number of aromatic nitrogens is 6. The average Bonchev–Trinajstić information content (AvgIpc) is 4.07. The van der Waals surface area contributed by atoms with Gasteiger partial charge >= 0.3 is 32.1 Å². The Morgan fingerprint density at radius 1 is 0.418 bits per heavy atom. The van der Waals surface area contributed by atoms with E-state index in [1.54, 1.807) is 59.5 Å². The van der Waals surface area contributed by atoms with Crippen molar-refractivity contribution in [1.82, 2.24) is 30.4 Å². The molecule has 67 heavy (non-hydrogen) atoms. The van der Waals surface area contributed by atoms with E-state index in [4.69, 9.17) is 0 Å². The van der Waals surface area contributed by atoms with Crippen LogP contribution < -0.4 is 36.3 Å². The van der Waals surface area contributed by atoms with Crippen molar-refractivity contribution in [1.29, 1.82) is 0 Å². The normalized spacial score (nSPS) is 11.0. The van der Waals surface area contributed by atoms with Gasteiger partial charge in [-0.2, -0.15) is 26.3 Å². The van der Waals surface area contributed by atoms with E-state index < -0.39 is 39.6 Å². The Kier molecular flexibility index (Phi) is 18.4. The molecule has 0 aliphatic rings. The van der Waals surface area contributed by atoms with E-state index in [0.717, 1.165) is 12.1 Å². The third-order valence-electron chi connectivity index (χ3n) is 9.95. The van der Waals surface area contributed by atoms with E-state index in [1.165, 1.54) is 33.4 Å². The summed E-state index contributed by atoms with van der Waals surface area (Å²) >= 11 is 0. The van der Waals surface area contributed by atoms with Gasteiger partial charge in [0.1, 0.15) is 23.0 Å². The van der Waals surface area contributed by atoms with E-state index >= 15 is 0 Å². The molecule has 4 heterocycles. The quantitative estimate of drug-likeness (QED) is 0.104. The molecule has 0 radical (unpaired) electrons. The molecule has 8 nitrogen and oxygen atoms in total. The number of hydrogen-bond acceptors (Lipinski definition) is 5. The molecule has 17 heteroatoms. The summed E-state index contributed by atoms with van der Waals surface area (Å²) in [6.07, 6.45) is -9.31. The number of benzene rings is 5. The van der Waals surface area contributed by atoms with Gasteiger partial charge in [0.25, 0.3) is 0 Å². The predicted molar refractivity (Wildman–Crippen MR) is 256 cm³/mol. The van der Waals surface area contributed by atoms with Crippen molar-refractivity contribution in [3.63, 3.8) is 0 Å². The van der Waals surface area contributed by atoms with Crippen LogP contribution in [-0.4, -0.2) is 39.0 Å². The zero-order chi connectivity index (χ0) is 45.8. The summed E-state index contributed by atoms with van der Waals surface area (Å²) in [6.45, 7) is 4.69. The van der Waals surface area contributed by atoms with Gasteiger partial charge < -0.3 is 25.9 Å². The van der Waals surface area contributed by atoms with Gasteiger partial charge in [-0.1, -0.05) is 115 Å². The minimum absolute atomic E-state index is 0. The van der Waals surface area contributed by atoms with Crippen molar-refractivity contribution in [2.45, 2.75) is 12.4 Å². The number of rotatable bonds is 9. The monoisotopic (exact) mass is 1130 g/mol. The molecular weight excluding hydrogens is 1080 g/mol. The molecule has 0 saturated heterocycles. The molecule has 4 aromatic heterocycles. The number of alkyl halides is 6. The van der Waals surface area contributed by atoms with E-state index in [9.17, 15) is 26.3 Å². The minimum atomic E-state index is -4.65. The number of anilines is 3. The fourth-order valence-corrected chi connectivity index (χ4v) is 9.98. The fourth-order valence-electron chi connectivity index (χ4n) is 6.54. The molecule has 0 saturated carbocycles. The maximum atomic E-state index is 13.0. The predicted octanol–water partition coefficient (Wildman–Crippen LogP) is 10.2. The Labute approximate surface area is 399 Å². The van der Waals surface area contributed by atoms with Crippen LogP contribution in [0.1, 0.15) is 11.4 Å². The SMILES string of the molecule is C[PH+](c1ccccc1)c1ccccc1.C[PH+](c1ccccc1)c1ccccc1.FC(F)(F)c1cc(-c2cccc(N(c3ccccc3)c3cccc(-c4cc(C(F)(F)F)n[n-]4)n3)n2)[n-]n1.O.[Os+2]. The van der Waals surface area contributed by atoms with Gasteiger partial charge in [0.2, 0.25) is 0 Å². The number of pyridine rings is 2. The molecule has 2 N–H and O–H groups in total. The van der Waals surface area contributed by atoms with Crippen LogP contribution in [0.5, 0.6) is 0 Å². The molecule has 5 aromatic carbocycles. The van der Waals surface area contributed by atoms with Gasteiger partial charge in [0.05, 0.1) is 61.8 Å². The Morgan fingerprint density at radius 2 is 0.716 bits per heavy atom. The second-order valence-electron chi connectivity index (χ2n) is 14.4. The second-order valence-corrected chi connectivity index (χ2v) is 19.2. The van der Waals surface area contributed by atoms with Crippen LogP contribution in [0.2, 0.25) is 0 Å². The Balaban J connectivity index is 0.000000229. The molecule has 0 spiro atoms. The summed E-state index contributed by atoms with van der Waals surface area (Å²) in [5.41, 5.74) is -1.57. The summed E-state index contributed by atoms with van der Waals surface area (Å²) in [5, 5.41) is 19.5. The maximum absolute atomic E-state index is 13.0. The molecule has 9 rings (SSSR count). The molecule has 342 valence electrons. The Bertz CT molecular complexity index is 2600. The number of para-hydroxylation sites is 1. The van der Waals surface area contributed by atoms with Crippen LogP contribution >= 0.6 is 15.8 Å². The first-order chi connectivity index (χ1) is 31.3. The third kappa shape index (κ3) is 13.9. The summed E-state index contributed by atoms with van der Waals surface area (Å²) in [7, 11) is -1.09. The van der Waals surface area contributed by atoms with Crippen molar-refractivity contribution < 1.29 is 51.6 Å². The molecular formula is C50H43F6N7OOsP2+2. The summed E-state index contributed by atoms with van der Waals surface area (Å²) in [4.78, 5) is 10.5. The first-order valence-corrected chi connectivity index (χ1v) is 24.2. The molecule has 9 aromatic rings. The fraction of sp³-hybridized carbons (Fsp3) is 0.0800. The molecule has 0 amide bonds. The van der Waals surface area contributed by atoms with Crippen LogP contribution in [-0.2, 0) is 32.1 Å².